The van der Waals surface area contributed by atoms with E-state index in [-0.39, 0.29) is 18.2 Å². The molecular formula is C16H15F2NO. The van der Waals surface area contributed by atoms with Crippen molar-refractivity contribution in [3.8, 4) is 5.75 Å². The number of ether oxygens (including phenoxy) is 1. The Kier molecular flexibility index (Phi) is 3.40. The summed E-state index contributed by atoms with van der Waals surface area (Å²) in [6.07, 6.45) is 1.75. The Hall–Kier alpha value is -1.94. The van der Waals surface area contributed by atoms with Crippen molar-refractivity contribution in [3.05, 3.63) is 64.7 Å². The summed E-state index contributed by atoms with van der Waals surface area (Å²) < 4.78 is 32.3. The zero-order valence-corrected chi connectivity index (χ0v) is 10.9. The second kappa shape index (κ2) is 5.21. The molecule has 0 radical (unpaired) electrons. The summed E-state index contributed by atoms with van der Waals surface area (Å²) in [6.45, 7) is 0.00921. The largest absolute Gasteiger partial charge is 0.489 e. The lowest BCUT2D eigenvalue weighted by Crippen LogP contribution is -2.05. The fraction of sp³-hybridized carbons (Fsp3) is 0.250. The Balaban J connectivity index is 1.81. The van der Waals surface area contributed by atoms with E-state index in [9.17, 15) is 8.78 Å². The average molecular weight is 275 g/mol. The molecule has 2 aromatic rings. The molecule has 1 aliphatic carbocycles. The third kappa shape index (κ3) is 2.39. The Morgan fingerprint density at radius 1 is 1.20 bits per heavy atom. The molecule has 1 atom stereocenters. The van der Waals surface area contributed by atoms with Gasteiger partial charge in [-0.25, -0.2) is 8.78 Å². The first-order valence-corrected chi connectivity index (χ1v) is 6.59. The Bertz CT molecular complexity index is 642. The third-order valence-corrected chi connectivity index (χ3v) is 3.67. The van der Waals surface area contributed by atoms with E-state index in [0.29, 0.717) is 5.75 Å². The smallest absolute Gasteiger partial charge is 0.130 e. The molecule has 0 amide bonds. The van der Waals surface area contributed by atoms with Gasteiger partial charge in [0.25, 0.3) is 0 Å². The first kappa shape index (κ1) is 13.1. The van der Waals surface area contributed by atoms with Gasteiger partial charge in [0.2, 0.25) is 0 Å². The molecule has 20 heavy (non-hydrogen) atoms. The van der Waals surface area contributed by atoms with E-state index in [1.807, 2.05) is 18.2 Å². The Morgan fingerprint density at radius 2 is 2.05 bits per heavy atom. The standard InChI is InChI=1S/C16H15F2NO/c17-11-4-6-14(18)10(8-11)9-20-16-3-1-2-12-13(16)5-7-15(12)19/h1-4,6,8,15H,5,7,9,19H2. The van der Waals surface area contributed by atoms with E-state index >= 15 is 0 Å². The highest BCUT2D eigenvalue weighted by atomic mass is 19.1. The van der Waals surface area contributed by atoms with Crippen molar-refractivity contribution in [2.24, 2.45) is 5.73 Å². The zero-order chi connectivity index (χ0) is 14.1. The minimum Gasteiger partial charge on any atom is -0.489 e. The van der Waals surface area contributed by atoms with E-state index < -0.39 is 11.6 Å². The number of benzene rings is 2. The minimum atomic E-state index is -0.467. The molecule has 2 nitrogen and oxygen atoms in total. The number of hydrogen-bond acceptors (Lipinski definition) is 2. The van der Waals surface area contributed by atoms with Crippen molar-refractivity contribution < 1.29 is 13.5 Å². The molecule has 0 bridgehead atoms. The lowest BCUT2D eigenvalue weighted by molar-refractivity contribution is 0.296. The first-order valence-electron chi connectivity index (χ1n) is 6.59. The van der Waals surface area contributed by atoms with Crippen LogP contribution >= 0.6 is 0 Å². The van der Waals surface area contributed by atoms with Crippen molar-refractivity contribution in [1.82, 2.24) is 0 Å². The minimum absolute atomic E-state index is 0.00921. The Morgan fingerprint density at radius 3 is 2.90 bits per heavy atom. The van der Waals surface area contributed by atoms with Crippen molar-refractivity contribution in [2.75, 3.05) is 0 Å². The van der Waals surface area contributed by atoms with Crippen LogP contribution in [0.2, 0.25) is 0 Å². The van der Waals surface area contributed by atoms with Gasteiger partial charge in [-0.15, -0.1) is 0 Å². The molecular weight excluding hydrogens is 260 g/mol. The van der Waals surface area contributed by atoms with E-state index in [4.69, 9.17) is 10.5 Å². The summed E-state index contributed by atoms with van der Waals surface area (Å²) >= 11 is 0. The van der Waals surface area contributed by atoms with Gasteiger partial charge < -0.3 is 10.5 Å². The zero-order valence-electron chi connectivity index (χ0n) is 10.9. The van der Waals surface area contributed by atoms with E-state index in [1.165, 1.54) is 0 Å². The van der Waals surface area contributed by atoms with Crippen LogP contribution in [0.15, 0.2) is 36.4 Å². The number of halogens is 2. The Labute approximate surface area is 116 Å². The molecule has 0 spiro atoms. The number of hydrogen-bond donors (Lipinski definition) is 1. The molecule has 1 aliphatic rings. The fourth-order valence-corrected chi connectivity index (χ4v) is 2.60. The predicted molar refractivity (Wildman–Crippen MR) is 72.4 cm³/mol. The van der Waals surface area contributed by atoms with Crippen molar-refractivity contribution in [2.45, 2.75) is 25.5 Å². The normalized spacial score (nSPS) is 17.1. The maximum Gasteiger partial charge on any atom is 0.130 e. The highest BCUT2D eigenvalue weighted by Gasteiger charge is 2.22. The molecule has 0 heterocycles. The number of fused-ring (bicyclic) bond motifs is 1. The highest BCUT2D eigenvalue weighted by Crippen LogP contribution is 2.35. The van der Waals surface area contributed by atoms with Crippen molar-refractivity contribution in [3.63, 3.8) is 0 Å². The second-order valence-corrected chi connectivity index (χ2v) is 4.99. The van der Waals surface area contributed by atoms with Crippen molar-refractivity contribution in [1.29, 1.82) is 0 Å². The average Bonchev–Trinajstić information content (AvgIpc) is 2.82. The summed E-state index contributed by atoms with van der Waals surface area (Å²) in [5, 5.41) is 0. The summed E-state index contributed by atoms with van der Waals surface area (Å²) in [7, 11) is 0. The fourth-order valence-electron chi connectivity index (χ4n) is 2.60. The van der Waals surface area contributed by atoms with Crippen LogP contribution in [0.1, 0.15) is 29.2 Å². The molecule has 0 aliphatic heterocycles. The third-order valence-electron chi connectivity index (χ3n) is 3.67. The summed E-state index contributed by atoms with van der Waals surface area (Å²) in [6, 6.07) is 9.11. The van der Waals surface area contributed by atoms with Crippen LogP contribution in [0.5, 0.6) is 5.75 Å². The van der Waals surface area contributed by atoms with Crippen LogP contribution in [0.25, 0.3) is 0 Å². The van der Waals surface area contributed by atoms with Gasteiger partial charge in [0.15, 0.2) is 0 Å². The molecule has 104 valence electrons. The molecule has 2 N–H and O–H groups in total. The second-order valence-electron chi connectivity index (χ2n) is 4.99. The van der Waals surface area contributed by atoms with Crippen LogP contribution in [0.3, 0.4) is 0 Å². The quantitative estimate of drug-likeness (QED) is 0.930. The number of nitrogens with two attached hydrogens (primary N) is 1. The van der Waals surface area contributed by atoms with Crippen LogP contribution in [-0.4, -0.2) is 0 Å². The molecule has 0 saturated carbocycles. The molecule has 0 saturated heterocycles. The van der Waals surface area contributed by atoms with Gasteiger partial charge in [0.05, 0.1) is 0 Å². The van der Waals surface area contributed by atoms with Crippen LogP contribution in [-0.2, 0) is 13.0 Å². The topological polar surface area (TPSA) is 35.2 Å². The monoisotopic (exact) mass is 275 g/mol. The first-order chi connectivity index (χ1) is 9.65. The van der Waals surface area contributed by atoms with Crippen molar-refractivity contribution >= 4 is 0 Å². The van der Waals surface area contributed by atoms with Crippen LogP contribution in [0.4, 0.5) is 8.78 Å². The van der Waals surface area contributed by atoms with E-state index in [2.05, 4.69) is 0 Å². The maximum atomic E-state index is 13.5. The van der Waals surface area contributed by atoms with E-state index in [1.54, 1.807) is 0 Å². The lowest BCUT2D eigenvalue weighted by atomic mass is 10.1. The van der Waals surface area contributed by atoms with Crippen LogP contribution in [0, 0.1) is 11.6 Å². The molecule has 3 rings (SSSR count). The lowest BCUT2D eigenvalue weighted by Gasteiger charge is -2.12. The van der Waals surface area contributed by atoms with Gasteiger partial charge in [-0.2, -0.15) is 0 Å². The molecule has 2 aromatic carbocycles. The van der Waals surface area contributed by atoms with Gasteiger partial charge in [0, 0.05) is 11.6 Å². The van der Waals surface area contributed by atoms with Gasteiger partial charge in [-0.1, -0.05) is 12.1 Å². The molecule has 4 heteroatoms. The van der Waals surface area contributed by atoms with E-state index in [0.717, 1.165) is 42.2 Å². The summed E-state index contributed by atoms with van der Waals surface area (Å²) in [5.74, 6) is -0.222. The molecule has 1 unspecified atom stereocenters. The summed E-state index contributed by atoms with van der Waals surface area (Å²) in [5.41, 5.74) is 8.38. The van der Waals surface area contributed by atoms with Gasteiger partial charge in [-0.3, -0.25) is 0 Å². The van der Waals surface area contributed by atoms with Gasteiger partial charge >= 0.3 is 0 Å². The highest BCUT2D eigenvalue weighted by molar-refractivity contribution is 5.45. The number of rotatable bonds is 3. The molecule has 0 aromatic heterocycles. The summed E-state index contributed by atoms with van der Waals surface area (Å²) in [4.78, 5) is 0. The van der Waals surface area contributed by atoms with Gasteiger partial charge in [-0.05, 0) is 48.2 Å². The SMILES string of the molecule is NC1CCc2c(OCc3cc(F)ccc3F)cccc21. The predicted octanol–water partition coefficient (Wildman–Crippen LogP) is 3.49. The van der Waals surface area contributed by atoms with Crippen LogP contribution < -0.4 is 10.5 Å². The van der Waals surface area contributed by atoms with Gasteiger partial charge in [0.1, 0.15) is 24.0 Å². The maximum absolute atomic E-state index is 13.5. The molecule has 0 fully saturated rings.